The molecule has 2 aromatic carbocycles. The number of hydrogen-bond acceptors (Lipinski definition) is 2. The molecule has 0 bridgehead atoms. The fourth-order valence-electron chi connectivity index (χ4n) is 2.98. The summed E-state index contributed by atoms with van der Waals surface area (Å²) >= 11 is 3.59. The number of rotatable bonds is 4. The summed E-state index contributed by atoms with van der Waals surface area (Å²) in [6.07, 6.45) is 3.60. The largest absolute Gasteiger partial charge is 0.495 e. The van der Waals surface area contributed by atoms with Gasteiger partial charge in [0.1, 0.15) is 5.75 Å². The standard InChI is InChI=1S/C19H19BrN2O/c1-12-6-4-7-14(13(12)2)18(17-10-21-11-22-17)15-8-5-9-16(20)19(15)23-3/h4-11,18H,1-3H3,(H,21,22). The first-order chi connectivity index (χ1) is 11.1. The number of aromatic amines is 1. The zero-order valence-corrected chi connectivity index (χ0v) is 15.0. The number of imidazole rings is 1. The van der Waals surface area contributed by atoms with Gasteiger partial charge < -0.3 is 9.72 Å². The van der Waals surface area contributed by atoms with Crippen LogP contribution in [0.1, 0.15) is 33.9 Å². The van der Waals surface area contributed by atoms with E-state index in [2.05, 4.69) is 64.0 Å². The van der Waals surface area contributed by atoms with E-state index in [9.17, 15) is 0 Å². The van der Waals surface area contributed by atoms with E-state index >= 15 is 0 Å². The zero-order chi connectivity index (χ0) is 16.4. The molecule has 0 aliphatic heterocycles. The van der Waals surface area contributed by atoms with Gasteiger partial charge in [-0.15, -0.1) is 0 Å². The summed E-state index contributed by atoms with van der Waals surface area (Å²) in [4.78, 5) is 7.49. The summed E-state index contributed by atoms with van der Waals surface area (Å²) in [5, 5.41) is 0. The number of ether oxygens (including phenoxy) is 1. The maximum Gasteiger partial charge on any atom is 0.137 e. The number of methoxy groups -OCH3 is 1. The number of halogens is 1. The molecular formula is C19H19BrN2O. The van der Waals surface area contributed by atoms with Crippen LogP contribution in [0.2, 0.25) is 0 Å². The van der Waals surface area contributed by atoms with Crippen molar-refractivity contribution in [3.63, 3.8) is 0 Å². The molecule has 1 unspecified atom stereocenters. The Labute approximate surface area is 144 Å². The van der Waals surface area contributed by atoms with Gasteiger partial charge in [-0.3, -0.25) is 0 Å². The number of H-pyrrole nitrogens is 1. The Morgan fingerprint density at radius 1 is 1.09 bits per heavy atom. The summed E-state index contributed by atoms with van der Waals surface area (Å²) in [5.74, 6) is 0.901. The minimum atomic E-state index is 0.0462. The summed E-state index contributed by atoms with van der Waals surface area (Å²) in [5.41, 5.74) is 5.98. The van der Waals surface area contributed by atoms with Crippen molar-refractivity contribution in [2.45, 2.75) is 19.8 Å². The number of para-hydroxylation sites is 1. The second kappa shape index (κ2) is 6.59. The Kier molecular flexibility index (Phi) is 4.53. The molecule has 0 amide bonds. The molecule has 118 valence electrons. The molecule has 0 saturated heterocycles. The zero-order valence-electron chi connectivity index (χ0n) is 13.4. The van der Waals surface area contributed by atoms with Gasteiger partial charge in [-0.2, -0.15) is 0 Å². The van der Waals surface area contributed by atoms with Crippen molar-refractivity contribution in [2.75, 3.05) is 7.11 Å². The number of aryl methyl sites for hydroxylation is 1. The Balaban J connectivity index is 2.27. The predicted octanol–water partition coefficient (Wildman–Crippen LogP) is 4.98. The van der Waals surface area contributed by atoms with Crippen LogP contribution in [0, 0.1) is 13.8 Å². The molecule has 0 fully saturated rings. The molecule has 1 heterocycles. The average Bonchev–Trinajstić information content (AvgIpc) is 3.06. The molecule has 0 radical (unpaired) electrons. The van der Waals surface area contributed by atoms with Gasteiger partial charge in [0.05, 0.1) is 23.8 Å². The maximum absolute atomic E-state index is 5.67. The molecule has 3 nitrogen and oxygen atoms in total. The molecule has 0 aliphatic carbocycles. The van der Waals surface area contributed by atoms with Crippen LogP contribution in [0.4, 0.5) is 0 Å². The van der Waals surface area contributed by atoms with Gasteiger partial charge in [0.15, 0.2) is 0 Å². The third-order valence-corrected chi connectivity index (χ3v) is 4.92. The van der Waals surface area contributed by atoms with Gasteiger partial charge in [0, 0.05) is 17.5 Å². The molecule has 0 saturated carbocycles. The van der Waals surface area contributed by atoms with Crippen LogP contribution in [0.5, 0.6) is 5.75 Å². The second-order valence-electron chi connectivity index (χ2n) is 5.59. The van der Waals surface area contributed by atoms with Crippen LogP contribution < -0.4 is 4.74 Å². The number of aromatic nitrogens is 2. The first-order valence-electron chi connectivity index (χ1n) is 7.50. The van der Waals surface area contributed by atoms with E-state index in [1.807, 2.05) is 18.3 Å². The van der Waals surface area contributed by atoms with E-state index in [1.165, 1.54) is 16.7 Å². The van der Waals surface area contributed by atoms with Crippen LogP contribution in [0.15, 0.2) is 53.4 Å². The van der Waals surface area contributed by atoms with Gasteiger partial charge in [-0.25, -0.2) is 4.98 Å². The first-order valence-corrected chi connectivity index (χ1v) is 8.29. The highest BCUT2D eigenvalue weighted by Crippen LogP contribution is 2.41. The van der Waals surface area contributed by atoms with Crippen molar-refractivity contribution in [1.82, 2.24) is 9.97 Å². The van der Waals surface area contributed by atoms with Crippen molar-refractivity contribution in [1.29, 1.82) is 0 Å². The van der Waals surface area contributed by atoms with Crippen LogP contribution in [0.3, 0.4) is 0 Å². The van der Waals surface area contributed by atoms with Crippen LogP contribution in [-0.2, 0) is 0 Å². The maximum atomic E-state index is 5.67. The van der Waals surface area contributed by atoms with Crippen molar-refractivity contribution < 1.29 is 4.74 Å². The van der Waals surface area contributed by atoms with E-state index in [-0.39, 0.29) is 5.92 Å². The van der Waals surface area contributed by atoms with Gasteiger partial charge in [0.25, 0.3) is 0 Å². The Bertz CT molecular complexity index is 812. The minimum absolute atomic E-state index is 0.0462. The van der Waals surface area contributed by atoms with Crippen LogP contribution in [-0.4, -0.2) is 17.1 Å². The monoisotopic (exact) mass is 370 g/mol. The van der Waals surface area contributed by atoms with E-state index in [4.69, 9.17) is 4.74 Å². The number of benzene rings is 2. The highest BCUT2D eigenvalue weighted by molar-refractivity contribution is 9.10. The van der Waals surface area contributed by atoms with Gasteiger partial charge in [-0.05, 0) is 52.5 Å². The Hall–Kier alpha value is -2.07. The fraction of sp³-hybridized carbons (Fsp3) is 0.211. The lowest BCUT2D eigenvalue weighted by molar-refractivity contribution is 0.406. The first kappa shape index (κ1) is 15.8. The summed E-state index contributed by atoms with van der Waals surface area (Å²) in [6.45, 7) is 4.31. The average molecular weight is 371 g/mol. The molecule has 3 rings (SSSR count). The smallest absolute Gasteiger partial charge is 0.137 e. The van der Waals surface area contributed by atoms with Crippen LogP contribution in [0.25, 0.3) is 0 Å². The third kappa shape index (κ3) is 2.91. The third-order valence-electron chi connectivity index (χ3n) is 4.30. The lowest BCUT2D eigenvalue weighted by Gasteiger charge is -2.22. The second-order valence-corrected chi connectivity index (χ2v) is 6.45. The topological polar surface area (TPSA) is 37.9 Å². The Morgan fingerprint density at radius 2 is 1.83 bits per heavy atom. The molecule has 1 aromatic heterocycles. The predicted molar refractivity (Wildman–Crippen MR) is 96.1 cm³/mol. The molecule has 1 N–H and O–H groups in total. The fourth-order valence-corrected chi connectivity index (χ4v) is 3.53. The van der Waals surface area contributed by atoms with E-state index in [0.29, 0.717) is 0 Å². The molecule has 0 aliphatic rings. The van der Waals surface area contributed by atoms with Crippen molar-refractivity contribution in [3.05, 3.63) is 81.3 Å². The van der Waals surface area contributed by atoms with Crippen molar-refractivity contribution >= 4 is 15.9 Å². The number of nitrogens with zero attached hydrogens (tertiary/aromatic N) is 1. The summed E-state index contributed by atoms with van der Waals surface area (Å²) < 4.78 is 6.62. The lowest BCUT2D eigenvalue weighted by atomic mass is 9.84. The Morgan fingerprint density at radius 3 is 2.52 bits per heavy atom. The highest BCUT2D eigenvalue weighted by Gasteiger charge is 2.24. The molecular weight excluding hydrogens is 352 g/mol. The quantitative estimate of drug-likeness (QED) is 0.703. The van der Waals surface area contributed by atoms with Gasteiger partial charge in [0.2, 0.25) is 0 Å². The van der Waals surface area contributed by atoms with Crippen molar-refractivity contribution in [2.24, 2.45) is 0 Å². The highest BCUT2D eigenvalue weighted by atomic mass is 79.9. The number of hydrogen-bond donors (Lipinski definition) is 1. The van der Waals surface area contributed by atoms with E-state index < -0.39 is 0 Å². The summed E-state index contributed by atoms with van der Waals surface area (Å²) in [6, 6.07) is 12.6. The lowest BCUT2D eigenvalue weighted by Crippen LogP contribution is -2.08. The SMILES string of the molecule is COc1c(Br)cccc1C(c1cnc[nH]1)c1cccc(C)c1C. The molecule has 4 heteroatoms. The van der Waals surface area contributed by atoms with Crippen molar-refractivity contribution in [3.8, 4) is 5.75 Å². The molecule has 1 atom stereocenters. The molecule has 0 spiro atoms. The summed E-state index contributed by atoms with van der Waals surface area (Å²) in [7, 11) is 1.71. The van der Waals surface area contributed by atoms with Crippen LogP contribution >= 0.6 is 15.9 Å². The normalized spacial score (nSPS) is 12.2. The van der Waals surface area contributed by atoms with E-state index in [0.717, 1.165) is 21.5 Å². The molecule has 3 aromatic rings. The minimum Gasteiger partial charge on any atom is -0.495 e. The molecule has 23 heavy (non-hydrogen) atoms. The van der Waals surface area contributed by atoms with Gasteiger partial charge in [-0.1, -0.05) is 30.3 Å². The van der Waals surface area contributed by atoms with Gasteiger partial charge >= 0.3 is 0 Å². The van der Waals surface area contributed by atoms with E-state index in [1.54, 1.807) is 13.4 Å². The number of nitrogens with one attached hydrogen (secondary N) is 1.